The zero-order valence-electron chi connectivity index (χ0n) is 11.8. The third-order valence-corrected chi connectivity index (χ3v) is 4.09. The van der Waals surface area contributed by atoms with Crippen molar-refractivity contribution in [3.8, 4) is 11.5 Å². The van der Waals surface area contributed by atoms with Crippen LogP contribution in [0.15, 0.2) is 35.9 Å². The number of benzene rings is 1. The van der Waals surface area contributed by atoms with Crippen LogP contribution < -0.4 is 9.47 Å². The highest BCUT2D eigenvalue weighted by Crippen LogP contribution is 2.33. The van der Waals surface area contributed by atoms with E-state index in [1.807, 2.05) is 24.3 Å². The van der Waals surface area contributed by atoms with Crippen LogP contribution in [-0.4, -0.2) is 23.9 Å². The van der Waals surface area contributed by atoms with E-state index in [1.54, 1.807) is 0 Å². The van der Waals surface area contributed by atoms with Gasteiger partial charge in [-0.2, -0.15) is 0 Å². The van der Waals surface area contributed by atoms with Crippen molar-refractivity contribution in [2.45, 2.75) is 50.7 Å². The molecule has 1 N–H and O–H groups in total. The second-order valence-electron chi connectivity index (χ2n) is 5.59. The van der Waals surface area contributed by atoms with E-state index in [0.717, 1.165) is 36.3 Å². The van der Waals surface area contributed by atoms with Gasteiger partial charge < -0.3 is 14.6 Å². The Morgan fingerprint density at radius 1 is 1.05 bits per heavy atom. The lowest BCUT2D eigenvalue weighted by atomic mass is 9.94. The van der Waals surface area contributed by atoms with Gasteiger partial charge in [-0.3, -0.25) is 0 Å². The lowest BCUT2D eigenvalue weighted by molar-refractivity contribution is 0.00548. The first-order valence-corrected chi connectivity index (χ1v) is 7.60. The Hall–Kier alpha value is -1.48. The Labute approximate surface area is 120 Å². The third kappa shape index (κ3) is 2.98. The molecule has 1 aliphatic heterocycles. The van der Waals surface area contributed by atoms with Crippen molar-refractivity contribution in [1.29, 1.82) is 0 Å². The number of hydrogen-bond acceptors (Lipinski definition) is 3. The SMILES string of the molecule is OC(/C1=C/CCCCCC1)C1COc2ccccc2O1. The van der Waals surface area contributed by atoms with Gasteiger partial charge in [-0.1, -0.05) is 31.1 Å². The molecule has 2 unspecified atom stereocenters. The molecule has 2 aliphatic rings. The number of ether oxygens (including phenoxy) is 2. The molecule has 0 fully saturated rings. The van der Waals surface area contributed by atoms with Crippen molar-refractivity contribution in [1.82, 2.24) is 0 Å². The topological polar surface area (TPSA) is 38.7 Å². The summed E-state index contributed by atoms with van der Waals surface area (Å²) in [7, 11) is 0. The van der Waals surface area contributed by atoms with Crippen LogP contribution in [0.2, 0.25) is 0 Å². The van der Waals surface area contributed by atoms with Gasteiger partial charge in [0.15, 0.2) is 17.6 Å². The molecule has 2 atom stereocenters. The van der Waals surface area contributed by atoms with Gasteiger partial charge in [-0.15, -0.1) is 0 Å². The molecule has 0 radical (unpaired) electrons. The summed E-state index contributed by atoms with van der Waals surface area (Å²) in [5.41, 5.74) is 1.12. The Morgan fingerprint density at radius 2 is 1.85 bits per heavy atom. The average Bonchev–Trinajstić information content (AvgIpc) is 2.46. The van der Waals surface area contributed by atoms with Crippen LogP contribution in [0.5, 0.6) is 11.5 Å². The molecule has 0 amide bonds. The maximum absolute atomic E-state index is 10.6. The molecule has 3 nitrogen and oxygen atoms in total. The molecule has 1 aromatic rings. The molecule has 0 spiro atoms. The first-order valence-electron chi connectivity index (χ1n) is 7.60. The lowest BCUT2D eigenvalue weighted by Crippen LogP contribution is -2.40. The second kappa shape index (κ2) is 6.31. The van der Waals surface area contributed by atoms with Crippen LogP contribution in [-0.2, 0) is 0 Å². The molecule has 1 heterocycles. The molecule has 0 aromatic heterocycles. The highest BCUT2D eigenvalue weighted by Gasteiger charge is 2.29. The Bertz CT molecular complexity index is 481. The van der Waals surface area contributed by atoms with E-state index in [2.05, 4.69) is 6.08 Å². The van der Waals surface area contributed by atoms with Gasteiger partial charge in [0.05, 0.1) is 0 Å². The molecule has 1 aliphatic carbocycles. The van der Waals surface area contributed by atoms with Crippen molar-refractivity contribution in [3.05, 3.63) is 35.9 Å². The average molecular weight is 274 g/mol. The standard InChI is InChI=1S/C17H22O3/c18-17(13-8-4-2-1-3-5-9-13)16-12-19-14-10-6-7-11-15(14)20-16/h6-8,10-11,16-18H,1-5,9,12H2/b13-8+. The highest BCUT2D eigenvalue weighted by molar-refractivity contribution is 5.41. The quantitative estimate of drug-likeness (QED) is 0.839. The fourth-order valence-electron chi connectivity index (χ4n) is 2.92. The van der Waals surface area contributed by atoms with Crippen molar-refractivity contribution in [3.63, 3.8) is 0 Å². The molecule has 3 heteroatoms. The van der Waals surface area contributed by atoms with Crippen LogP contribution in [0.4, 0.5) is 0 Å². The summed E-state index contributed by atoms with van der Waals surface area (Å²) in [6.07, 6.45) is 8.34. The molecular weight excluding hydrogens is 252 g/mol. The molecule has 0 saturated carbocycles. The minimum absolute atomic E-state index is 0.296. The summed E-state index contributed by atoms with van der Waals surface area (Å²) in [6, 6.07) is 7.63. The summed E-state index contributed by atoms with van der Waals surface area (Å²) in [6.45, 7) is 0.412. The molecule has 0 bridgehead atoms. The number of para-hydroxylation sites is 2. The molecular formula is C17H22O3. The van der Waals surface area contributed by atoms with E-state index in [1.165, 1.54) is 19.3 Å². The van der Waals surface area contributed by atoms with Crippen LogP contribution >= 0.6 is 0 Å². The van der Waals surface area contributed by atoms with Crippen molar-refractivity contribution < 1.29 is 14.6 Å². The first-order chi connectivity index (χ1) is 9.84. The first kappa shape index (κ1) is 13.5. The van der Waals surface area contributed by atoms with Gasteiger partial charge >= 0.3 is 0 Å². The molecule has 3 rings (SSSR count). The zero-order valence-corrected chi connectivity index (χ0v) is 11.8. The van der Waals surface area contributed by atoms with Crippen LogP contribution in [0.25, 0.3) is 0 Å². The smallest absolute Gasteiger partial charge is 0.162 e. The van der Waals surface area contributed by atoms with Gasteiger partial charge in [-0.25, -0.2) is 0 Å². The molecule has 20 heavy (non-hydrogen) atoms. The van der Waals surface area contributed by atoms with E-state index < -0.39 is 6.10 Å². The Balaban J connectivity index is 1.70. The van der Waals surface area contributed by atoms with E-state index in [-0.39, 0.29) is 6.10 Å². The molecule has 1 aromatic carbocycles. The summed E-state index contributed by atoms with van der Waals surface area (Å²) >= 11 is 0. The van der Waals surface area contributed by atoms with Gasteiger partial charge in [0.25, 0.3) is 0 Å². The van der Waals surface area contributed by atoms with Gasteiger partial charge in [-0.05, 0) is 43.4 Å². The third-order valence-electron chi connectivity index (χ3n) is 4.09. The molecule has 108 valence electrons. The Morgan fingerprint density at radius 3 is 2.75 bits per heavy atom. The minimum atomic E-state index is -0.554. The number of hydrogen-bond donors (Lipinski definition) is 1. The lowest BCUT2D eigenvalue weighted by Gasteiger charge is -2.31. The van der Waals surface area contributed by atoms with Crippen molar-refractivity contribution >= 4 is 0 Å². The number of aliphatic hydroxyl groups excluding tert-OH is 1. The van der Waals surface area contributed by atoms with E-state index in [4.69, 9.17) is 9.47 Å². The normalized spacial score (nSPS) is 26.9. The number of allylic oxidation sites excluding steroid dienone is 1. The zero-order chi connectivity index (χ0) is 13.8. The number of rotatable bonds is 2. The predicted octanol–water partition coefficient (Wildman–Crippen LogP) is 3.47. The second-order valence-corrected chi connectivity index (χ2v) is 5.59. The summed E-state index contributed by atoms with van der Waals surface area (Å²) in [5, 5.41) is 10.6. The summed E-state index contributed by atoms with van der Waals surface area (Å²) in [5.74, 6) is 1.50. The summed E-state index contributed by atoms with van der Waals surface area (Å²) in [4.78, 5) is 0. The fourth-order valence-corrected chi connectivity index (χ4v) is 2.92. The maximum Gasteiger partial charge on any atom is 0.162 e. The van der Waals surface area contributed by atoms with Gasteiger partial charge in [0, 0.05) is 0 Å². The van der Waals surface area contributed by atoms with Crippen LogP contribution in [0.3, 0.4) is 0 Å². The maximum atomic E-state index is 10.6. The van der Waals surface area contributed by atoms with Gasteiger partial charge in [0.2, 0.25) is 0 Å². The fraction of sp³-hybridized carbons (Fsp3) is 0.529. The van der Waals surface area contributed by atoms with Crippen molar-refractivity contribution in [2.24, 2.45) is 0 Å². The van der Waals surface area contributed by atoms with E-state index >= 15 is 0 Å². The minimum Gasteiger partial charge on any atom is -0.486 e. The summed E-state index contributed by atoms with van der Waals surface area (Å²) < 4.78 is 11.6. The van der Waals surface area contributed by atoms with E-state index in [9.17, 15) is 5.11 Å². The predicted molar refractivity (Wildman–Crippen MR) is 78.1 cm³/mol. The van der Waals surface area contributed by atoms with Crippen molar-refractivity contribution in [2.75, 3.05) is 6.61 Å². The van der Waals surface area contributed by atoms with E-state index in [0.29, 0.717) is 6.61 Å². The highest BCUT2D eigenvalue weighted by atomic mass is 16.6. The van der Waals surface area contributed by atoms with Gasteiger partial charge in [0.1, 0.15) is 12.7 Å². The Kier molecular flexibility index (Phi) is 4.26. The molecule has 0 saturated heterocycles. The number of fused-ring (bicyclic) bond motifs is 1. The van der Waals surface area contributed by atoms with Crippen LogP contribution in [0, 0.1) is 0 Å². The number of aliphatic hydroxyl groups is 1. The monoisotopic (exact) mass is 274 g/mol. The van der Waals surface area contributed by atoms with Crippen LogP contribution in [0.1, 0.15) is 38.5 Å². The largest absolute Gasteiger partial charge is 0.486 e.